The summed E-state index contributed by atoms with van der Waals surface area (Å²) in [5.74, 6) is 2.66. The summed E-state index contributed by atoms with van der Waals surface area (Å²) in [6.07, 6.45) is 8.45. The maximum absolute atomic E-state index is 2.99. The van der Waals surface area contributed by atoms with Gasteiger partial charge in [0.25, 0.3) is 6.71 Å². The molecule has 0 aromatic heterocycles. The lowest BCUT2D eigenvalue weighted by molar-refractivity contribution is 0.000628. The van der Waals surface area contributed by atoms with Crippen molar-refractivity contribution in [3.05, 3.63) is 83.9 Å². The van der Waals surface area contributed by atoms with Crippen LogP contribution in [0, 0.1) is 17.8 Å². The zero-order valence-electron chi connectivity index (χ0n) is 30.4. The van der Waals surface area contributed by atoms with Crippen LogP contribution in [0.15, 0.2) is 72.8 Å². The molecule has 11 rings (SSSR count). The first-order valence-corrected chi connectivity index (χ1v) is 21.9. The summed E-state index contributed by atoms with van der Waals surface area (Å²) >= 11 is 0. The van der Waals surface area contributed by atoms with E-state index in [0.29, 0.717) is 0 Å². The average Bonchev–Trinajstić information content (AvgIpc) is 3.02. The van der Waals surface area contributed by atoms with Crippen molar-refractivity contribution >= 4 is 70.0 Å². The molecule has 4 heteroatoms. The van der Waals surface area contributed by atoms with Crippen molar-refractivity contribution in [2.45, 2.75) is 110 Å². The highest BCUT2D eigenvalue weighted by molar-refractivity contribution is 7.05. The molecule has 0 amide bonds. The highest BCUT2D eigenvalue weighted by atomic mass is 28.3. The predicted octanol–water partition coefficient (Wildman–Crippen LogP) is 8.14. The van der Waals surface area contributed by atoms with Crippen LogP contribution in [-0.4, -0.2) is 20.3 Å². The van der Waals surface area contributed by atoms with Crippen molar-refractivity contribution in [3.63, 3.8) is 0 Å². The molecule has 3 heterocycles. The van der Waals surface area contributed by atoms with E-state index in [-0.39, 0.29) is 23.1 Å². The topological polar surface area (TPSA) is 6.48 Å². The Labute approximate surface area is 290 Å². The number of benzene rings is 4. The number of hydrogen-bond donors (Lipinski definition) is 0. The predicted molar refractivity (Wildman–Crippen MR) is 209 cm³/mol. The van der Waals surface area contributed by atoms with E-state index in [1.54, 1.807) is 21.3 Å². The SMILES string of the molecule is CC(C)(C)c1ccc2c(c1)B1c3cccc4c3N(c3ccccc3[Si]4(C)C)c3cc(C(C)(C)C)cc(c31)N2C12CC3CC(CC(C3)C1)C2. The summed E-state index contributed by atoms with van der Waals surface area (Å²) in [5.41, 5.74) is 15.2. The molecule has 0 unspecified atom stereocenters. The third-order valence-corrected chi connectivity index (χ3v) is 17.3. The van der Waals surface area contributed by atoms with Crippen LogP contribution in [0.4, 0.5) is 28.4 Å². The Balaban J connectivity index is 1.34. The number of anilines is 5. The first kappa shape index (κ1) is 29.7. The standard InChI is InChI=1S/C44H51BN2Si/c1-42(2,3)30-16-17-34-33(21-30)45-32-12-11-15-39-41(32)46(35-13-9-10-14-38(35)48(39,7)8)36-22-31(43(4,5)6)23-37(40(36)45)47(34)44-24-27-18-28(25-44)20-29(19-27)26-44/h9-17,21-23,27-29H,18-20,24-26H2,1-8H3. The van der Waals surface area contributed by atoms with Crippen molar-refractivity contribution in [1.29, 1.82) is 0 Å². The van der Waals surface area contributed by atoms with Crippen LogP contribution in [0.5, 0.6) is 0 Å². The molecule has 0 radical (unpaired) electrons. The van der Waals surface area contributed by atoms with Gasteiger partial charge in [-0.25, -0.2) is 0 Å². The van der Waals surface area contributed by atoms with Crippen LogP contribution in [0.25, 0.3) is 0 Å². The van der Waals surface area contributed by atoms with E-state index in [9.17, 15) is 0 Å². The van der Waals surface area contributed by atoms with E-state index in [1.807, 2.05) is 0 Å². The molecule has 3 aliphatic heterocycles. The van der Waals surface area contributed by atoms with Crippen molar-refractivity contribution in [2.75, 3.05) is 9.80 Å². The van der Waals surface area contributed by atoms with Gasteiger partial charge in [-0.1, -0.05) is 103 Å². The molecule has 48 heavy (non-hydrogen) atoms. The first-order valence-electron chi connectivity index (χ1n) is 18.9. The van der Waals surface area contributed by atoms with Crippen LogP contribution in [0.1, 0.15) is 91.2 Å². The minimum Gasteiger partial charge on any atom is -0.336 e. The number of para-hydroxylation sites is 2. The minimum absolute atomic E-state index is 0.0354. The summed E-state index contributed by atoms with van der Waals surface area (Å²) in [6, 6.07) is 29.7. The molecular formula is C44H51BN2Si. The lowest BCUT2D eigenvalue weighted by Crippen LogP contribution is -2.70. The minimum atomic E-state index is -1.94. The fraction of sp³-hybridized carbons (Fsp3) is 0.455. The fourth-order valence-electron chi connectivity index (χ4n) is 11.9. The highest BCUT2D eigenvalue weighted by Crippen LogP contribution is 2.60. The van der Waals surface area contributed by atoms with Crippen LogP contribution >= 0.6 is 0 Å². The van der Waals surface area contributed by atoms with Crippen molar-refractivity contribution in [3.8, 4) is 0 Å². The van der Waals surface area contributed by atoms with Crippen LogP contribution in [0.3, 0.4) is 0 Å². The smallest absolute Gasteiger partial charge is 0.252 e. The number of hydrogen-bond acceptors (Lipinski definition) is 2. The Morgan fingerprint density at radius 3 is 1.92 bits per heavy atom. The van der Waals surface area contributed by atoms with Crippen molar-refractivity contribution in [2.24, 2.45) is 17.8 Å². The monoisotopic (exact) mass is 646 g/mol. The van der Waals surface area contributed by atoms with Gasteiger partial charge >= 0.3 is 0 Å². The third-order valence-electron chi connectivity index (χ3n) is 13.8. The quantitative estimate of drug-likeness (QED) is 0.170. The maximum Gasteiger partial charge on any atom is 0.252 e. The van der Waals surface area contributed by atoms with Gasteiger partial charge in [0, 0.05) is 34.0 Å². The second kappa shape index (κ2) is 9.30. The Morgan fingerprint density at radius 2 is 1.25 bits per heavy atom. The molecular weight excluding hydrogens is 595 g/mol. The molecule has 244 valence electrons. The number of rotatable bonds is 1. The largest absolute Gasteiger partial charge is 0.336 e. The van der Waals surface area contributed by atoms with Gasteiger partial charge in [-0.15, -0.1) is 0 Å². The van der Waals surface area contributed by atoms with Gasteiger partial charge in [0.2, 0.25) is 0 Å². The van der Waals surface area contributed by atoms with Crippen molar-refractivity contribution in [1.82, 2.24) is 0 Å². The third kappa shape index (κ3) is 3.82. The number of fused-ring (bicyclic) bond motifs is 6. The molecule has 2 nitrogen and oxygen atoms in total. The Hall–Kier alpha value is -3.24. The number of nitrogens with zero attached hydrogens (tertiary/aromatic N) is 2. The van der Waals surface area contributed by atoms with E-state index in [2.05, 4.69) is 137 Å². The molecule has 4 aromatic rings. The van der Waals surface area contributed by atoms with E-state index in [4.69, 9.17) is 0 Å². The average molecular weight is 647 g/mol. The molecule has 0 N–H and O–H groups in total. The van der Waals surface area contributed by atoms with Gasteiger partial charge < -0.3 is 9.80 Å². The molecule has 4 bridgehead atoms. The molecule has 0 atom stereocenters. The van der Waals surface area contributed by atoms with Gasteiger partial charge in [0.1, 0.15) is 8.07 Å². The lowest BCUT2D eigenvalue weighted by Gasteiger charge is -2.63. The van der Waals surface area contributed by atoms with E-state index >= 15 is 0 Å². The zero-order valence-corrected chi connectivity index (χ0v) is 31.4. The maximum atomic E-state index is 2.99. The summed E-state index contributed by atoms with van der Waals surface area (Å²) in [5, 5.41) is 3.15. The van der Waals surface area contributed by atoms with Crippen molar-refractivity contribution < 1.29 is 0 Å². The summed E-state index contributed by atoms with van der Waals surface area (Å²) in [7, 11) is -1.94. The van der Waals surface area contributed by atoms with Gasteiger partial charge in [-0.3, -0.25) is 0 Å². The van der Waals surface area contributed by atoms with E-state index < -0.39 is 8.07 Å². The molecule has 0 spiro atoms. The zero-order chi connectivity index (χ0) is 33.1. The molecule has 7 aliphatic rings. The van der Waals surface area contributed by atoms with E-state index in [1.165, 1.54) is 83.6 Å². The van der Waals surface area contributed by atoms with Gasteiger partial charge in [-0.2, -0.15) is 0 Å². The van der Waals surface area contributed by atoms with Gasteiger partial charge in [0.05, 0.1) is 0 Å². The summed E-state index contributed by atoms with van der Waals surface area (Å²) < 4.78 is 0. The first-order chi connectivity index (χ1) is 22.7. The summed E-state index contributed by atoms with van der Waals surface area (Å²) in [6.45, 7) is 19.8. The van der Waals surface area contributed by atoms with Crippen LogP contribution < -0.4 is 36.6 Å². The highest BCUT2D eigenvalue weighted by Gasteiger charge is 2.57. The second-order valence-electron chi connectivity index (χ2n) is 19.3. The molecule has 4 saturated carbocycles. The molecule has 0 saturated heterocycles. The second-order valence-corrected chi connectivity index (χ2v) is 23.7. The molecule has 4 aliphatic carbocycles. The van der Waals surface area contributed by atoms with Crippen LogP contribution in [0.2, 0.25) is 13.1 Å². The molecule has 4 fully saturated rings. The molecule has 4 aromatic carbocycles. The Morgan fingerprint density at radius 1 is 0.625 bits per heavy atom. The normalized spacial score (nSPS) is 27.0. The van der Waals surface area contributed by atoms with Crippen LogP contribution in [-0.2, 0) is 10.8 Å². The lowest BCUT2D eigenvalue weighted by atomic mass is 9.33. The van der Waals surface area contributed by atoms with Gasteiger partial charge in [-0.05, 0) is 129 Å². The Bertz CT molecular complexity index is 2010. The fourth-order valence-corrected chi connectivity index (χ4v) is 14.9. The van der Waals surface area contributed by atoms with Gasteiger partial charge in [0.15, 0.2) is 0 Å². The Kier molecular flexibility index (Phi) is 5.75. The van der Waals surface area contributed by atoms with E-state index in [0.717, 1.165) is 17.8 Å². The summed E-state index contributed by atoms with van der Waals surface area (Å²) in [4.78, 5) is 5.73.